The molecule has 0 saturated carbocycles. The molecule has 5 nitrogen and oxygen atoms in total. The number of aryl methyl sites for hydroxylation is 1. The maximum Gasteiger partial charge on any atom is 0.338 e. The average molecular weight is 286 g/mol. The normalized spacial score (nSPS) is 13.9. The van der Waals surface area contributed by atoms with E-state index in [1.54, 1.807) is 0 Å². The quantitative estimate of drug-likeness (QED) is 0.812. The van der Waals surface area contributed by atoms with Crippen molar-refractivity contribution in [2.24, 2.45) is 0 Å². The summed E-state index contributed by atoms with van der Waals surface area (Å²) in [7, 11) is 1.42. The largest absolute Gasteiger partial charge is 0.465 e. The highest BCUT2D eigenvalue weighted by molar-refractivity contribution is 5.93. The predicted octanol–water partition coefficient (Wildman–Crippen LogP) is 2.72. The second-order valence-electron chi connectivity index (χ2n) is 5.25. The van der Waals surface area contributed by atoms with E-state index in [1.165, 1.54) is 7.11 Å². The fourth-order valence-electron chi connectivity index (χ4n) is 2.85. The third kappa shape index (κ3) is 2.63. The van der Waals surface area contributed by atoms with Crippen molar-refractivity contribution in [3.05, 3.63) is 46.8 Å². The number of carbonyl (C=O) groups is 1. The molecule has 0 spiro atoms. The monoisotopic (exact) mass is 286 g/mol. The van der Waals surface area contributed by atoms with Crippen LogP contribution in [0.1, 0.15) is 33.8 Å². The first-order chi connectivity index (χ1) is 10.2. The zero-order valence-electron chi connectivity index (χ0n) is 12.3. The van der Waals surface area contributed by atoms with E-state index in [1.807, 2.05) is 31.2 Å². The first-order valence-electron chi connectivity index (χ1n) is 7.06. The molecular weight excluding hydrogens is 268 g/mol. The maximum atomic E-state index is 11.9. The van der Waals surface area contributed by atoms with Gasteiger partial charge in [0.1, 0.15) is 0 Å². The molecule has 0 atom stereocenters. The van der Waals surface area contributed by atoms with E-state index in [0.29, 0.717) is 12.1 Å². The molecule has 110 valence electrons. The Balaban J connectivity index is 1.93. The van der Waals surface area contributed by atoms with Crippen LogP contribution in [0.5, 0.6) is 0 Å². The SMILES string of the molecule is COC(=O)c1cccc2c1CCCN2Cc1cc(C)no1. The summed E-state index contributed by atoms with van der Waals surface area (Å²) >= 11 is 0. The molecule has 0 N–H and O–H groups in total. The Bertz CT molecular complexity index is 663. The minimum absolute atomic E-state index is 0.274. The predicted molar refractivity (Wildman–Crippen MR) is 78.4 cm³/mol. The summed E-state index contributed by atoms with van der Waals surface area (Å²) in [4.78, 5) is 14.1. The summed E-state index contributed by atoms with van der Waals surface area (Å²) in [6.45, 7) is 3.52. The van der Waals surface area contributed by atoms with Gasteiger partial charge in [-0.3, -0.25) is 0 Å². The van der Waals surface area contributed by atoms with Crippen LogP contribution in [0.25, 0.3) is 0 Å². The lowest BCUT2D eigenvalue weighted by molar-refractivity contribution is 0.0599. The number of esters is 1. The van der Waals surface area contributed by atoms with Crippen LogP contribution in [0.4, 0.5) is 5.69 Å². The summed E-state index contributed by atoms with van der Waals surface area (Å²) in [5.74, 6) is 0.563. The van der Waals surface area contributed by atoms with Crippen molar-refractivity contribution in [1.82, 2.24) is 5.16 Å². The molecule has 1 aromatic carbocycles. The third-order valence-corrected chi connectivity index (χ3v) is 3.78. The molecule has 0 radical (unpaired) electrons. The van der Waals surface area contributed by atoms with Crippen molar-refractivity contribution in [3.63, 3.8) is 0 Å². The molecule has 0 amide bonds. The Morgan fingerprint density at radius 1 is 1.48 bits per heavy atom. The number of fused-ring (bicyclic) bond motifs is 1. The highest BCUT2D eigenvalue weighted by atomic mass is 16.5. The van der Waals surface area contributed by atoms with Crippen LogP contribution in [0, 0.1) is 6.92 Å². The minimum atomic E-state index is -0.274. The van der Waals surface area contributed by atoms with Gasteiger partial charge in [-0.15, -0.1) is 0 Å². The molecule has 0 unspecified atom stereocenters. The van der Waals surface area contributed by atoms with Crippen LogP contribution in [0.3, 0.4) is 0 Å². The van der Waals surface area contributed by atoms with Gasteiger partial charge in [-0.05, 0) is 37.5 Å². The van der Waals surface area contributed by atoms with Gasteiger partial charge in [0.05, 0.1) is 24.9 Å². The van der Waals surface area contributed by atoms with Gasteiger partial charge in [0, 0.05) is 18.3 Å². The molecule has 1 aliphatic rings. The Morgan fingerprint density at radius 2 is 2.33 bits per heavy atom. The molecule has 21 heavy (non-hydrogen) atoms. The van der Waals surface area contributed by atoms with Crippen LogP contribution in [0.15, 0.2) is 28.8 Å². The van der Waals surface area contributed by atoms with Gasteiger partial charge in [0.15, 0.2) is 5.76 Å². The molecular formula is C16H18N2O3. The van der Waals surface area contributed by atoms with Crippen molar-refractivity contribution in [1.29, 1.82) is 0 Å². The van der Waals surface area contributed by atoms with Gasteiger partial charge >= 0.3 is 5.97 Å². The Morgan fingerprint density at radius 3 is 3.05 bits per heavy atom. The number of anilines is 1. The summed E-state index contributed by atoms with van der Waals surface area (Å²) < 4.78 is 10.2. The van der Waals surface area contributed by atoms with E-state index in [-0.39, 0.29) is 5.97 Å². The lowest BCUT2D eigenvalue weighted by Crippen LogP contribution is -2.29. The molecule has 0 bridgehead atoms. The fraction of sp³-hybridized carbons (Fsp3) is 0.375. The topological polar surface area (TPSA) is 55.6 Å². The number of rotatable bonds is 3. The van der Waals surface area contributed by atoms with Gasteiger partial charge in [0.2, 0.25) is 0 Å². The van der Waals surface area contributed by atoms with Crippen LogP contribution >= 0.6 is 0 Å². The zero-order chi connectivity index (χ0) is 14.8. The van der Waals surface area contributed by atoms with Gasteiger partial charge in [-0.1, -0.05) is 11.2 Å². The van der Waals surface area contributed by atoms with Gasteiger partial charge in [-0.25, -0.2) is 4.79 Å². The van der Waals surface area contributed by atoms with E-state index < -0.39 is 0 Å². The Hall–Kier alpha value is -2.30. The molecule has 0 fully saturated rings. The highest BCUT2D eigenvalue weighted by Crippen LogP contribution is 2.31. The summed E-state index contributed by atoms with van der Waals surface area (Å²) in [5.41, 5.74) is 3.68. The van der Waals surface area contributed by atoms with E-state index >= 15 is 0 Å². The number of hydrogen-bond donors (Lipinski definition) is 0. The molecule has 2 heterocycles. The average Bonchev–Trinajstić information content (AvgIpc) is 2.91. The lowest BCUT2D eigenvalue weighted by atomic mass is 9.96. The number of nitrogens with zero attached hydrogens (tertiary/aromatic N) is 2. The molecule has 5 heteroatoms. The second kappa shape index (κ2) is 5.60. The van der Waals surface area contributed by atoms with Crippen molar-refractivity contribution in [3.8, 4) is 0 Å². The van der Waals surface area contributed by atoms with Crippen molar-refractivity contribution in [2.45, 2.75) is 26.3 Å². The first kappa shape index (κ1) is 13.7. The van der Waals surface area contributed by atoms with Crippen LogP contribution in [-0.2, 0) is 17.7 Å². The second-order valence-corrected chi connectivity index (χ2v) is 5.25. The summed E-state index contributed by atoms with van der Waals surface area (Å²) in [5, 5.41) is 3.92. The number of methoxy groups -OCH3 is 1. The molecule has 1 aliphatic heterocycles. The Labute approximate surface area is 123 Å². The summed E-state index contributed by atoms with van der Waals surface area (Å²) in [6.07, 6.45) is 1.90. The number of carbonyl (C=O) groups excluding carboxylic acids is 1. The van der Waals surface area contributed by atoms with E-state index in [4.69, 9.17) is 9.26 Å². The lowest BCUT2D eigenvalue weighted by Gasteiger charge is -2.31. The van der Waals surface area contributed by atoms with E-state index in [2.05, 4.69) is 10.1 Å². The smallest absolute Gasteiger partial charge is 0.338 e. The molecule has 2 aromatic rings. The standard InChI is InChI=1S/C16H18N2O3/c1-11-9-12(21-17-11)10-18-8-4-6-13-14(16(19)20-2)5-3-7-15(13)18/h3,5,7,9H,4,6,8,10H2,1-2H3. The van der Waals surface area contributed by atoms with Crippen molar-refractivity contribution >= 4 is 11.7 Å². The minimum Gasteiger partial charge on any atom is -0.465 e. The number of aromatic nitrogens is 1. The van der Waals surface area contributed by atoms with Crippen LogP contribution in [-0.4, -0.2) is 24.8 Å². The molecule has 1 aromatic heterocycles. The van der Waals surface area contributed by atoms with Gasteiger partial charge < -0.3 is 14.2 Å². The van der Waals surface area contributed by atoms with Gasteiger partial charge in [-0.2, -0.15) is 0 Å². The first-order valence-corrected chi connectivity index (χ1v) is 7.06. The summed E-state index contributed by atoms with van der Waals surface area (Å²) in [6, 6.07) is 7.71. The third-order valence-electron chi connectivity index (χ3n) is 3.78. The number of benzene rings is 1. The number of hydrogen-bond acceptors (Lipinski definition) is 5. The van der Waals surface area contributed by atoms with E-state index in [9.17, 15) is 4.79 Å². The fourth-order valence-corrected chi connectivity index (χ4v) is 2.85. The Kier molecular flexibility index (Phi) is 3.64. The van der Waals surface area contributed by atoms with Gasteiger partial charge in [0.25, 0.3) is 0 Å². The highest BCUT2D eigenvalue weighted by Gasteiger charge is 2.23. The van der Waals surface area contributed by atoms with Crippen molar-refractivity contribution < 1.29 is 14.1 Å². The van der Waals surface area contributed by atoms with E-state index in [0.717, 1.165) is 42.1 Å². The molecule has 0 saturated heterocycles. The molecule has 3 rings (SSSR count). The van der Waals surface area contributed by atoms with Crippen LogP contribution < -0.4 is 4.90 Å². The molecule has 0 aliphatic carbocycles. The van der Waals surface area contributed by atoms with Crippen molar-refractivity contribution in [2.75, 3.05) is 18.6 Å². The number of ether oxygens (including phenoxy) is 1. The van der Waals surface area contributed by atoms with Crippen LogP contribution in [0.2, 0.25) is 0 Å². The maximum absolute atomic E-state index is 11.9. The zero-order valence-corrected chi connectivity index (χ0v) is 12.3.